The highest BCUT2D eigenvalue weighted by molar-refractivity contribution is 5.94. The fourth-order valence-corrected chi connectivity index (χ4v) is 4.92. The number of para-hydroxylation sites is 1. The first kappa shape index (κ1) is 22.7. The van der Waals surface area contributed by atoms with Gasteiger partial charge in [0.15, 0.2) is 11.5 Å². The molecule has 2 aromatic carbocycles. The van der Waals surface area contributed by atoms with Crippen LogP contribution in [0.5, 0.6) is 11.5 Å². The van der Waals surface area contributed by atoms with Crippen LogP contribution in [0.25, 0.3) is 0 Å². The third-order valence-corrected chi connectivity index (χ3v) is 6.65. The fourth-order valence-electron chi connectivity index (χ4n) is 4.92. The molecule has 0 saturated heterocycles. The lowest BCUT2D eigenvalue weighted by Gasteiger charge is -2.29. The maximum Gasteiger partial charge on any atom is 0.238 e. The predicted molar refractivity (Wildman–Crippen MR) is 128 cm³/mol. The van der Waals surface area contributed by atoms with E-state index in [1.807, 2.05) is 12.1 Å². The van der Waals surface area contributed by atoms with Gasteiger partial charge in [-0.05, 0) is 53.5 Å². The maximum atomic E-state index is 13.3. The van der Waals surface area contributed by atoms with Gasteiger partial charge in [-0.2, -0.15) is 0 Å². The number of hydrogen-bond donors (Lipinski definition) is 1. The van der Waals surface area contributed by atoms with Crippen LogP contribution >= 0.6 is 0 Å². The van der Waals surface area contributed by atoms with E-state index in [4.69, 9.17) is 9.47 Å². The number of rotatable bonds is 8. The minimum atomic E-state index is 0.0626. The van der Waals surface area contributed by atoms with E-state index in [2.05, 4.69) is 62.2 Å². The lowest BCUT2D eigenvalue weighted by Crippen LogP contribution is -2.39. The Labute approximate surface area is 192 Å². The molecule has 0 radical (unpaired) electrons. The van der Waals surface area contributed by atoms with Crippen LogP contribution in [0.15, 0.2) is 36.4 Å². The van der Waals surface area contributed by atoms with Crippen molar-refractivity contribution in [2.24, 2.45) is 0 Å². The topological polar surface area (TPSA) is 50.8 Å². The largest absolute Gasteiger partial charge is 0.454 e. The van der Waals surface area contributed by atoms with E-state index in [9.17, 15) is 4.79 Å². The summed E-state index contributed by atoms with van der Waals surface area (Å²) < 4.78 is 11.0. The molecule has 1 N–H and O–H groups in total. The van der Waals surface area contributed by atoms with Gasteiger partial charge in [0.25, 0.3) is 0 Å². The van der Waals surface area contributed by atoms with Gasteiger partial charge in [0.05, 0.1) is 6.54 Å². The fraction of sp³-hybridized carbons (Fsp3) is 0.519. The first-order valence-electron chi connectivity index (χ1n) is 12.0. The molecule has 1 aliphatic carbocycles. The first-order valence-corrected chi connectivity index (χ1v) is 12.0. The Morgan fingerprint density at radius 2 is 1.66 bits per heavy atom. The van der Waals surface area contributed by atoms with Gasteiger partial charge in [-0.3, -0.25) is 9.69 Å². The molecule has 1 amide bonds. The highest BCUT2D eigenvalue weighted by Gasteiger charge is 2.26. The quantitative estimate of drug-likeness (QED) is 0.548. The molecule has 1 fully saturated rings. The highest BCUT2D eigenvalue weighted by Crippen LogP contribution is 2.35. The van der Waals surface area contributed by atoms with Gasteiger partial charge >= 0.3 is 0 Å². The van der Waals surface area contributed by atoms with Crippen LogP contribution in [-0.2, 0) is 11.3 Å². The summed E-state index contributed by atoms with van der Waals surface area (Å²) in [6.07, 6.45) is 4.77. The smallest absolute Gasteiger partial charge is 0.238 e. The van der Waals surface area contributed by atoms with Crippen molar-refractivity contribution in [1.29, 1.82) is 0 Å². The molecule has 1 heterocycles. The molecule has 0 unspecified atom stereocenters. The van der Waals surface area contributed by atoms with E-state index < -0.39 is 0 Å². The van der Waals surface area contributed by atoms with Gasteiger partial charge in [-0.25, -0.2) is 0 Å². The summed E-state index contributed by atoms with van der Waals surface area (Å²) in [5.74, 6) is 2.36. The summed E-state index contributed by atoms with van der Waals surface area (Å²) in [5, 5.41) is 3.30. The van der Waals surface area contributed by atoms with E-state index in [0.29, 0.717) is 24.4 Å². The Morgan fingerprint density at radius 1 is 1.00 bits per heavy atom. The summed E-state index contributed by atoms with van der Waals surface area (Å²) in [7, 11) is 0. The Kier molecular flexibility index (Phi) is 7.04. The molecule has 172 valence electrons. The molecule has 2 aliphatic rings. The number of anilines is 1. The normalized spacial score (nSPS) is 15.8. The van der Waals surface area contributed by atoms with Gasteiger partial charge in [0, 0.05) is 18.3 Å². The molecule has 2 aromatic rings. The van der Waals surface area contributed by atoms with Crippen molar-refractivity contribution in [3.8, 4) is 11.5 Å². The Balaban J connectivity index is 1.52. The van der Waals surface area contributed by atoms with Gasteiger partial charge in [0.1, 0.15) is 0 Å². The molecule has 0 bridgehead atoms. The number of hydrogen-bond acceptors (Lipinski definition) is 4. The van der Waals surface area contributed by atoms with Gasteiger partial charge in [-0.1, -0.05) is 64.8 Å². The third kappa shape index (κ3) is 5.09. The minimum absolute atomic E-state index is 0.0626. The molecule has 1 saturated carbocycles. The molecule has 1 aliphatic heterocycles. The van der Waals surface area contributed by atoms with Gasteiger partial charge < -0.3 is 14.8 Å². The molecular weight excluding hydrogens is 400 g/mol. The number of nitrogens with one attached hydrogen (secondary N) is 1. The number of nitrogens with zero attached hydrogens (tertiary/aromatic N) is 1. The van der Waals surface area contributed by atoms with Crippen LogP contribution in [0.2, 0.25) is 0 Å². The zero-order chi connectivity index (χ0) is 22.7. The number of ether oxygens (including phenoxy) is 2. The molecule has 0 atom stereocenters. The number of carbonyl (C=O) groups excluding carboxylic acids is 1. The SMILES string of the molecule is CC(C)c1cccc(C(C)C)c1NC(=O)CN(Cc1ccc2c(c1)OCO2)C1CCCC1. The van der Waals surface area contributed by atoms with Crippen molar-refractivity contribution in [3.63, 3.8) is 0 Å². The Bertz CT molecular complexity index is 922. The van der Waals surface area contributed by atoms with Crippen LogP contribution in [0.1, 0.15) is 81.9 Å². The molecule has 5 nitrogen and oxygen atoms in total. The monoisotopic (exact) mass is 436 g/mol. The van der Waals surface area contributed by atoms with Crippen molar-refractivity contribution in [2.75, 3.05) is 18.7 Å². The average molecular weight is 437 g/mol. The van der Waals surface area contributed by atoms with Crippen molar-refractivity contribution in [2.45, 2.75) is 77.8 Å². The van der Waals surface area contributed by atoms with Crippen LogP contribution in [0.4, 0.5) is 5.69 Å². The van der Waals surface area contributed by atoms with Crippen molar-refractivity contribution in [3.05, 3.63) is 53.1 Å². The molecule has 4 rings (SSSR count). The minimum Gasteiger partial charge on any atom is -0.454 e. The van der Waals surface area contributed by atoms with Gasteiger partial charge in [0.2, 0.25) is 12.7 Å². The number of amides is 1. The summed E-state index contributed by atoms with van der Waals surface area (Å²) in [6.45, 7) is 10.1. The maximum absolute atomic E-state index is 13.3. The van der Waals surface area contributed by atoms with E-state index in [0.717, 1.165) is 42.1 Å². The van der Waals surface area contributed by atoms with Crippen molar-refractivity contribution >= 4 is 11.6 Å². The Morgan fingerprint density at radius 3 is 2.31 bits per heavy atom. The molecular formula is C27H36N2O3. The summed E-state index contributed by atoms with van der Waals surface area (Å²) in [6, 6.07) is 12.9. The van der Waals surface area contributed by atoms with Crippen LogP contribution < -0.4 is 14.8 Å². The Hall–Kier alpha value is -2.53. The lowest BCUT2D eigenvalue weighted by atomic mass is 9.92. The zero-order valence-electron chi connectivity index (χ0n) is 19.8. The van der Waals surface area contributed by atoms with Crippen molar-refractivity contribution < 1.29 is 14.3 Å². The third-order valence-electron chi connectivity index (χ3n) is 6.65. The number of carbonyl (C=O) groups is 1. The average Bonchev–Trinajstić information content (AvgIpc) is 3.45. The number of benzene rings is 2. The van der Waals surface area contributed by atoms with Crippen molar-refractivity contribution in [1.82, 2.24) is 4.90 Å². The zero-order valence-corrected chi connectivity index (χ0v) is 19.8. The van der Waals surface area contributed by atoms with E-state index in [1.165, 1.54) is 24.0 Å². The van der Waals surface area contributed by atoms with Crippen LogP contribution in [-0.4, -0.2) is 30.2 Å². The van der Waals surface area contributed by atoms with Crippen LogP contribution in [0.3, 0.4) is 0 Å². The summed E-state index contributed by atoms with van der Waals surface area (Å²) >= 11 is 0. The van der Waals surface area contributed by atoms with E-state index in [-0.39, 0.29) is 12.7 Å². The second-order valence-electron chi connectivity index (χ2n) is 9.70. The van der Waals surface area contributed by atoms with Crippen LogP contribution in [0, 0.1) is 0 Å². The molecule has 32 heavy (non-hydrogen) atoms. The van der Waals surface area contributed by atoms with E-state index in [1.54, 1.807) is 0 Å². The summed E-state index contributed by atoms with van der Waals surface area (Å²) in [4.78, 5) is 15.6. The van der Waals surface area contributed by atoms with E-state index >= 15 is 0 Å². The van der Waals surface area contributed by atoms with Gasteiger partial charge in [-0.15, -0.1) is 0 Å². The molecule has 0 spiro atoms. The predicted octanol–water partition coefficient (Wildman–Crippen LogP) is 6.05. The second-order valence-corrected chi connectivity index (χ2v) is 9.70. The molecule has 5 heteroatoms. The second kappa shape index (κ2) is 9.95. The lowest BCUT2D eigenvalue weighted by molar-refractivity contribution is -0.118. The summed E-state index contributed by atoms with van der Waals surface area (Å²) in [5.41, 5.74) is 4.55. The molecule has 0 aromatic heterocycles. The standard InChI is InChI=1S/C27H36N2O3/c1-18(2)22-10-7-11-23(19(3)4)27(22)28-26(30)16-29(21-8-5-6-9-21)15-20-12-13-24-25(14-20)32-17-31-24/h7,10-14,18-19,21H,5-6,8-9,15-17H2,1-4H3,(H,28,30). The number of fused-ring (bicyclic) bond motifs is 1. The first-order chi connectivity index (χ1) is 15.4. The highest BCUT2D eigenvalue weighted by atomic mass is 16.7.